The molecule has 0 saturated heterocycles. The van der Waals surface area contributed by atoms with Gasteiger partial charge in [-0.05, 0) is 24.2 Å². The molecule has 2 atom stereocenters. The molecule has 3 nitrogen and oxygen atoms in total. The summed E-state index contributed by atoms with van der Waals surface area (Å²) in [7, 11) is 0. The van der Waals surface area contributed by atoms with E-state index in [0.29, 0.717) is 12.0 Å². The van der Waals surface area contributed by atoms with Crippen molar-refractivity contribution < 1.29 is 4.79 Å². The topological polar surface area (TPSA) is 55.1 Å². The van der Waals surface area contributed by atoms with Gasteiger partial charge in [0.05, 0.1) is 6.04 Å². The van der Waals surface area contributed by atoms with Crippen LogP contribution >= 0.6 is 0 Å². The zero-order valence-electron chi connectivity index (χ0n) is 9.63. The first-order valence-corrected chi connectivity index (χ1v) is 5.39. The number of hydrogen-bond acceptors (Lipinski definition) is 2. The van der Waals surface area contributed by atoms with E-state index in [0.717, 1.165) is 12.8 Å². The number of rotatable bonds is 4. The van der Waals surface area contributed by atoms with E-state index in [-0.39, 0.29) is 17.4 Å². The molecule has 1 aliphatic rings. The van der Waals surface area contributed by atoms with Crippen molar-refractivity contribution in [3.63, 3.8) is 0 Å². The molecule has 1 rings (SSSR count). The molecule has 0 aromatic heterocycles. The fraction of sp³-hybridized carbons (Fsp3) is 0.909. The molecule has 82 valence electrons. The minimum atomic E-state index is -0.341. The van der Waals surface area contributed by atoms with Gasteiger partial charge in [0.15, 0.2) is 0 Å². The van der Waals surface area contributed by atoms with Crippen LogP contribution in [0.5, 0.6) is 0 Å². The highest BCUT2D eigenvalue weighted by Gasteiger charge is 2.46. The van der Waals surface area contributed by atoms with Crippen LogP contribution in [0.25, 0.3) is 0 Å². The van der Waals surface area contributed by atoms with Crippen LogP contribution in [0.4, 0.5) is 0 Å². The van der Waals surface area contributed by atoms with Crippen LogP contribution in [0.1, 0.15) is 40.5 Å². The molecule has 0 bridgehead atoms. The number of carbonyl (C=O) groups excluding carboxylic acids is 1. The second-order valence-electron chi connectivity index (χ2n) is 5.49. The van der Waals surface area contributed by atoms with Crippen molar-refractivity contribution in [3.8, 4) is 0 Å². The molecule has 3 heteroatoms. The van der Waals surface area contributed by atoms with Gasteiger partial charge >= 0.3 is 0 Å². The van der Waals surface area contributed by atoms with Gasteiger partial charge in [0.1, 0.15) is 0 Å². The van der Waals surface area contributed by atoms with Gasteiger partial charge in [-0.15, -0.1) is 0 Å². The molecule has 3 N–H and O–H groups in total. The number of nitrogens with one attached hydrogen (secondary N) is 1. The highest BCUT2D eigenvalue weighted by molar-refractivity contribution is 5.82. The van der Waals surface area contributed by atoms with Crippen LogP contribution in [-0.4, -0.2) is 18.0 Å². The first-order chi connectivity index (χ1) is 6.33. The summed E-state index contributed by atoms with van der Waals surface area (Å²) >= 11 is 0. The molecular formula is C11H22N2O. The summed E-state index contributed by atoms with van der Waals surface area (Å²) in [6, 6.07) is -0.000359. The average molecular weight is 198 g/mol. The maximum Gasteiger partial charge on any atom is 0.237 e. The first kappa shape index (κ1) is 11.5. The Labute approximate surface area is 86.4 Å². The molecule has 1 unspecified atom stereocenters. The van der Waals surface area contributed by atoms with Gasteiger partial charge in [-0.1, -0.05) is 27.7 Å². The van der Waals surface area contributed by atoms with Crippen LogP contribution in [0.2, 0.25) is 0 Å². The Balaban J connectivity index is 2.29. The van der Waals surface area contributed by atoms with Gasteiger partial charge in [0.2, 0.25) is 5.91 Å². The van der Waals surface area contributed by atoms with Gasteiger partial charge in [0, 0.05) is 6.04 Å². The minimum Gasteiger partial charge on any atom is -0.351 e. The summed E-state index contributed by atoms with van der Waals surface area (Å²) in [5, 5.41) is 2.99. The number of amides is 1. The second kappa shape index (κ2) is 3.89. The van der Waals surface area contributed by atoms with Crippen LogP contribution in [0, 0.1) is 11.3 Å². The molecule has 1 aliphatic carbocycles. The van der Waals surface area contributed by atoms with E-state index < -0.39 is 0 Å². The minimum absolute atomic E-state index is 0.00859. The van der Waals surface area contributed by atoms with Crippen molar-refractivity contribution >= 4 is 5.91 Å². The van der Waals surface area contributed by atoms with Gasteiger partial charge in [-0.25, -0.2) is 0 Å². The molecule has 0 aromatic rings. The average Bonchev–Trinajstić information content (AvgIpc) is 2.56. The Hall–Kier alpha value is -0.570. The summed E-state index contributed by atoms with van der Waals surface area (Å²) in [6.07, 6.45) is 1.84. The molecule has 0 radical (unpaired) electrons. The number of hydrogen-bond donors (Lipinski definition) is 2. The van der Waals surface area contributed by atoms with Crippen LogP contribution in [-0.2, 0) is 4.79 Å². The lowest BCUT2D eigenvalue weighted by Crippen LogP contribution is -2.43. The summed E-state index contributed by atoms with van der Waals surface area (Å²) < 4.78 is 0. The molecule has 0 spiro atoms. The van der Waals surface area contributed by atoms with E-state index in [9.17, 15) is 4.79 Å². The Morgan fingerprint density at radius 2 is 2.07 bits per heavy atom. The molecule has 1 amide bonds. The highest BCUT2D eigenvalue weighted by Crippen LogP contribution is 2.44. The maximum atomic E-state index is 11.6. The lowest BCUT2D eigenvalue weighted by Gasteiger charge is -2.14. The summed E-state index contributed by atoms with van der Waals surface area (Å²) in [5.41, 5.74) is 6.06. The molecule has 0 aromatic carbocycles. The third-order valence-electron chi connectivity index (χ3n) is 2.89. The predicted molar refractivity (Wildman–Crippen MR) is 57.8 cm³/mol. The Bertz CT molecular complexity index is 223. The normalized spacial score (nSPS) is 26.0. The molecule has 14 heavy (non-hydrogen) atoms. The van der Waals surface area contributed by atoms with Crippen LogP contribution in [0.3, 0.4) is 0 Å². The predicted octanol–water partition coefficient (Wildman–Crippen LogP) is 1.27. The third-order valence-corrected chi connectivity index (χ3v) is 2.89. The van der Waals surface area contributed by atoms with Crippen molar-refractivity contribution in [2.45, 2.75) is 52.6 Å². The smallest absolute Gasteiger partial charge is 0.237 e. The number of nitrogens with two attached hydrogens (primary N) is 1. The van der Waals surface area contributed by atoms with E-state index in [1.165, 1.54) is 0 Å². The van der Waals surface area contributed by atoms with Gasteiger partial charge in [0.25, 0.3) is 0 Å². The van der Waals surface area contributed by atoms with E-state index in [1.807, 2.05) is 0 Å². The fourth-order valence-electron chi connectivity index (χ4n) is 1.61. The zero-order chi connectivity index (χ0) is 10.9. The molecule has 0 aliphatic heterocycles. The van der Waals surface area contributed by atoms with E-state index in [1.54, 1.807) is 0 Å². The lowest BCUT2D eigenvalue weighted by atomic mass is 10.0. The third kappa shape index (κ3) is 2.98. The quantitative estimate of drug-likeness (QED) is 0.715. The van der Waals surface area contributed by atoms with Crippen molar-refractivity contribution in [1.29, 1.82) is 0 Å². The van der Waals surface area contributed by atoms with Gasteiger partial charge < -0.3 is 11.1 Å². The number of carbonyl (C=O) groups is 1. The van der Waals surface area contributed by atoms with Crippen LogP contribution in [0.15, 0.2) is 0 Å². The molecule has 0 heterocycles. The molecule has 1 fully saturated rings. The van der Waals surface area contributed by atoms with E-state index >= 15 is 0 Å². The van der Waals surface area contributed by atoms with Crippen molar-refractivity contribution in [2.75, 3.05) is 0 Å². The van der Waals surface area contributed by atoms with Crippen molar-refractivity contribution in [3.05, 3.63) is 0 Å². The highest BCUT2D eigenvalue weighted by atomic mass is 16.2. The lowest BCUT2D eigenvalue weighted by molar-refractivity contribution is -0.123. The SMILES string of the molecule is CC(C)C[C@H](N)C(=O)NC1CC1(C)C. The summed E-state index contributed by atoms with van der Waals surface area (Å²) in [5.74, 6) is 0.484. The Morgan fingerprint density at radius 1 is 1.57 bits per heavy atom. The second-order valence-corrected chi connectivity index (χ2v) is 5.49. The molecular weight excluding hydrogens is 176 g/mol. The van der Waals surface area contributed by atoms with Crippen molar-refractivity contribution in [1.82, 2.24) is 5.32 Å². The first-order valence-electron chi connectivity index (χ1n) is 5.39. The van der Waals surface area contributed by atoms with E-state index in [2.05, 4.69) is 33.0 Å². The monoisotopic (exact) mass is 198 g/mol. The molecule has 1 saturated carbocycles. The van der Waals surface area contributed by atoms with E-state index in [4.69, 9.17) is 5.73 Å². The van der Waals surface area contributed by atoms with Crippen LogP contribution < -0.4 is 11.1 Å². The Morgan fingerprint density at radius 3 is 2.43 bits per heavy atom. The van der Waals surface area contributed by atoms with Crippen molar-refractivity contribution in [2.24, 2.45) is 17.1 Å². The van der Waals surface area contributed by atoms with Gasteiger partial charge in [-0.2, -0.15) is 0 Å². The largest absolute Gasteiger partial charge is 0.351 e. The standard InChI is InChI=1S/C11H22N2O/c1-7(2)5-8(12)10(14)13-9-6-11(9,3)4/h7-9H,5-6,12H2,1-4H3,(H,13,14)/t8-,9?/m0/s1. The zero-order valence-corrected chi connectivity index (χ0v) is 9.63. The Kier molecular flexibility index (Phi) is 3.20. The maximum absolute atomic E-state index is 11.6. The summed E-state index contributed by atoms with van der Waals surface area (Å²) in [4.78, 5) is 11.6. The van der Waals surface area contributed by atoms with Gasteiger partial charge in [-0.3, -0.25) is 4.79 Å². The summed E-state index contributed by atoms with van der Waals surface area (Å²) in [6.45, 7) is 8.47. The fourth-order valence-corrected chi connectivity index (χ4v) is 1.61.